The second-order valence-electron chi connectivity index (χ2n) is 7.63. The van der Waals surface area contributed by atoms with E-state index in [2.05, 4.69) is 12.1 Å². The molecule has 0 saturated carbocycles. The highest BCUT2D eigenvalue weighted by Crippen LogP contribution is 2.20. The van der Waals surface area contributed by atoms with Gasteiger partial charge in [0.15, 0.2) is 0 Å². The summed E-state index contributed by atoms with van der Waals surface area (Å²) in [7, 11) is 1.79. The first-order valence-electron chi connectivity index (χ1n) is 10.1. The summed E-state index contributed by atoms with van der Waals surface area (Å²) in [4.78, 5) is 11.7. The summed E-state index contributed by atoms with van der Waals surface area (Å²) in [6, 6.07) is 17.6. The van der Waals surface area contributed by atoms with E-state index in [-0.39, 0.29) is 5.56 Å². The normalized spacial score (nSPS) is 14.9. The van der Waals surface area contributed by atoms with Gasteiger partial charge in [-0.25, -0.2) is 0 Å². The van der Waals surface area contributed by atoms with Gasteiger partial charge in [0.05, 0.1) is 18.7 Å². The smallest absolute Gasteiger partial charge is 0.250 e. The van der Waals surface area contributed by atoms with Crippen molar-refractivity contribution in [1.29, 1.82) is 0 Å². The molecule has 0 atom stereocenters. The van der Waals surface area contributed by atoms with Crippen LogP contribution in [0.3, 0.4) is 0 Å². The summed E-state index contributed by atoms with van der Waals surface area (Å²) in [5.41, 5.74) is 3.10. The summed E-state index contributed by atoms with van der Waals surface area (Å²) in [6.07, 6.45) is 2.17. The molecule has 2 heterocycles. The molecule has 1 aromatic heterocycles. The lowest BCUT2D eigenvalue weighted by atomic mass is 10.0. The molecule has 1 aliphatic rings. The van der Waals surface area contributed by atoms with Crippen molar-refractivity contribution in [3.8, 4) is 5.75 Å². The number of hydrogen-bond donors (Lipinski definition) is 0. The van der Waals surface area contributed by atoms with Gasteiger partial charge < -0.3 is 18.8 Å². The Morgan fingerprint density at radius 1 is 1.00 bits per heavy atom. The fourth-order valence-electron chi connectivity index (χ4n) is 3.67. The molecule has 4 rings (SSSR count). The highest BCUT2D eigenvalue weighted by atomic mass is 16.5. The summed E-state index contributed by atoms with van der Waals surface area (Å²) in [6.45, 7) is 3.56. The van der Waals surface area contributed by atoms with Gasteiger partial charge >= 0.3 is 0 Å². The Balaban J connectivity index is 1.33. The first-order valence-corrected chi connectivity index (χ1v) is 10.1. The molecule has 3 aromatic rings. The lowest BCUT2D eigenvalue weighted by Gasteiger charge is -2.21. The molecule has 0 aliphatic carbocycles. The number of benzene rings is 2. The fourth-order valence-corrected chi connectivity index (χ4v) is 3.67. The summed E-state index contributed by atoms with van der Waals surface area (Å²) in [5, 5.41) is 1.03. The number of ether oxygens (including phenoxy) is 3. The van der Waals surface area contributed by atoms with E-state index in [9.17, 15) is 4.79 Å². The van der Waals surface area contributed by atoms with Gasteiger partial charge in [-0.2, -0.15) is 0 Å². The largest absolute Gasteiger partial charge is 0.489 e. The van der Waals surface area contributed by atoms with E-state index < -0.39 is 0 Å². The second-order valence-corrected chi connectivity index (χ2v) is 7.63. The molecule has 152 valence electrons. The topological polar surface area (TPSA) is 49.7 Å². The van der Waals surface area contributed by atoms with Crippen molar-refractivity contribution in [2.45, 2.75) is 26.1 Å². The van der Waals surface area contributed by atoms with E-state index in [4.69, 9.17) is 14.2 Å². The van der Waals surface area contributed by atoms with Gasteiger partial charge in [-0.05, 0) is 65.6 Å². The van der Waals surface area contributed by atoms with E-state index in [0.717, 1.165) is 60.4 Å². The van der Waals surface area contributed by atoms with Crippen LogP contribution >= 0.6 is 0 Å². The van der Waals surface area contributed by atoms with E-state index >= 15 is 0 Å². The van der Waals surface area contributed by atoms with Crippen LogP contribution in [0.2, 0.25) is 0 Å². The highest BCUT2D eigenvalue weighted by molar-refractivity contribution is 5.79. The van der Waals surface area contributed by atoms with Gasteiger partial charge in [-0.1, -0.05) is 18.2 Å². The van der Waals surface area contributed by atoms with E-state index in [1.807, 2.05) is 36.4 Å². The molecule has 0 unspecified atom stereocenters. The average molecular weight is 393 g/mol. The zero-order valence-corrected chi connectivity index (χ0v) is 16.8. The van der Waals surface area contributed by atoms with Gasteiger partial charge in [-0.15, -0.1) is 0 Å². The van der Waals surface area contributed by atoms with Crippen molar-refractivity contribution >= 4 is 10.9 Å². The Labute approximate surface area is 170 Å². The monoisotopic (exact) mass is 393 g/mol. The predicted octanol–water partition coefficient (Wildman–Crippen LogP) is 4.06. The first kappa shape index (κ1) is 19.7. The lowest BCUT2D eigenvalue weighted by molar-refractivity contribution is 0.0157. The molecule has 5 heteroatoms. The molecule has 0 amide bonds. The number of aryl methyl sites for hydroxylation is 1. The lowest BCUT2D eigenvalue weighted by Crippen LogP contribution is -2.20. The quantitative estimate of drug-likeness (QED) is 0.607. The van der Waals surface area contributed by atoms with E-state index in [0.29, 0.717) is 19.1 Å². The first-order chi connectivity index (χ1) is 14.2. The van der Waals surface area contributed by atoms with Gasteiger partial charge in [0.1, 0.15) is 12.4 Å². The highest BCUT2D eigenvalue weighted by Gasteiger charge is 2.13. The Hall–Kier alpha value is -2.63. The molecule has 0 N–H and O–H groups in total. The maximum Gasteiger partial charge on any atom is 0.250 e. The van der Waals surface area contributed by atoms with Gasteiger partial charge in [0, 0.05) is 26.3 Å². The van der Waals surface area contributed by atoms with Gasteiger partial charge in [-0.3, -0.25) is 4.79 Å². The predicted molar refractivity (Wildman–Crippen MR) is 113 cm³/mol. The summed E-state index contributed by atoms with van der Waals surface area (Å²) < 4.78 is 18.9. The third-order valence-electron chi connectivity index (χ3n) is 5.46. The fraction of sp³-hybridized carbons (Fsp3) is 0.375. The van der Waals surface area contributed by atoms with E-state index in [1.165, 1.54) is 0 Å². The van der Waals surface area contributed by atoms with Crippen LogP contribution in [0.1, 0.15) is 24.0 Å². The minimum absolute atomic E-state index is 0.00245. The Morgan fingerprint density at radius 3 is 2.69 bits per heavy atom. The minimum atomic E-state index is -0.00245. The molecule has 1 fully saturated rings. The summed E-state index contributed by atoms with van der Waals surface area (Å²) >= 11 is 0. The molecular formula is C24H27NO4. The molecule has 0 bridgehead atoms. The Bertz CT molecular complexity index is 1020. The van der Waals surface area contributed by atoms with Crippen molar-refractivity contribution in [3.05, 3.63) is 76.1 Å². The number of pyridine rings is 1. The van der Waals surface area contributed by atoms with Crippen LogP contribution < -0.4 is 10.3 Å². The van der Waals surface area contributed by atoms with Crippen LogP contribution in [0.5, 0.6) is 5.75 Å². The number of rotatable bonds is 7. The third-order valence-corrected chi connectivity index (χ3v) is 5.46. The number of nitrogens with zero attached hydrogens (tertiary/aromatic N) is 1. The van der Waals surface area contributed by atoms with Crippen LogP contribution in [0.4, 0.5) is 0 Å². The summed E-state index contributed by atoms with van der Waals surface area (Å²) in [5.74, 6) is 1.44. The molecule has 5 nitrogen and oxygen atoms in total. The molecule has 1 saturated heterocycles. The maximum absolute atomic E-state index is 11.7. The SMILES string of the molecule is Cn1c(=O)ccc2cc(COc3cccc(COCC4CCOCC4)c3)ccc21. The van der Waals surface area contributed by atoms with E-state index in [1.54, 1.807) is 17.7 Å². The van der Waals surface area contributed by atoms with Crippen molar-refractivity contribution in [2.24, 2.45) is 13.0 Å². The molecule has 0 spiro atoms. The van der Waals surface area contributed by atoms with Crippen molar-refractivity contribution in [3.63, 3.8) is 0 Å². The molecule has 1 aliphatic heterocycles. The van der Waals surface area contributed by atoms with Crippen molar-refractivity contribution in [2.75, 3.05) is 19.8 Å². The van der Waals surface area contributed by atoms with Crippen LogP contribution in [-0.2, 0) is 29.7 Å². The molecule has 29 heavy (non-hydrogen) atoms. The number of aromatic nitrogens is 1. The standard InChI is InChI=1S/C24H27NO4/c1-25-23-7-5-20(13-21(23)6-8-24(25)26)17-29-22-4-2-3-19(14-22)16-28-15-18-9-11-27-12-10-18/h2-8,13-14,18H,9-12,15-17H2,1H3. The molecular weight excluding hydrogens is 366 g/mol. The number of fused-ring (bicyclic) bond motifs is 1. The number of hydrogen-bond acceptors (Lipinski definition) is 4. The van der Waals surface area contributed by atoms with Crippen LogP contribution in [0.25, 0.3) is 10.9 Å². The van der Waals surface area contributed by atoms with Gasteiger partial charge in [0.2, 0.25) is 0 Å². The van der Waals surface area contributed by atoms with Crippen LogP contribution in [0, 0.1) is 5.92 Å². The van der Waals surface area contributed by atoms with Crippen LogP contribution in [0.15, 0.2) is 59.4 Å². The van der Waals surface area contributed by atoms with Gasteiger partial charge in [0.25, 0.3) is 5.56 Å². The minimum Gasteiger partial charge on any atom is -0.489 e. The zero-order chi connectivity index (χ0) is 20.1. The van der Waals surface area contributed by atoms with Crippen LogP contribution in [-0.4, -0.2) is 24.4 Å². The zero-order valence-electron chi connectivity index (χ0n) is 16.8. The average Bonchev–Trinajstić information content (AvgIpc) is 2.76. The van der Waals surface area contributed by atoms with Crippen molar-refractivity contribution in [1.82, 2.24) is 4.57 Å². The third kappa shape index (κ3) is 5.05. The Morgan fingerprint density at radius 2 is 1.83 bits per heavy atom. The maximum atomic E-state index is 11.7. The Kier molecular flexibility index (Phi) is 6.27. The van der Waals surface area contributed by atoms with Crippen molar-refractivity contribution < 1.29 is 14.2 Å². The second kappa shape index (κ2) is 9.25. The molecule has 0 radical (unpaired) electrons. The molecule has 2 aromatic carbocycles.